The molecule has 238 valence electrons. The molecule has 5 heteroatoms. The van der Waals surface area contributed by atoms with Gasteiger partial charge in [0.25, 0.3) is 0 Å². The van der Waals surface area contributed by atoms with Crippen molar-refractivity contribution in [3.63, 3.8) is 0 Å². The van der Waals surface area contributed by atoms with E-state index >= 15 is 0 Å². The van der Waals surface area contributed by atoms with Gasteiger partial charge in [0.05, 0.1) is 22.4 Å². The van der Waals surface area contributed by atoms with Crippen LogP contribution in [0.2, 0.25) is 0 Å². The fourth-order valence-electron chi connectivity index (χ4n) is 7.73. The van der Waals surface area contributed by atoms with E-state index in [-0.39, 0.29) is 0 Å². The highest BCUT2D eigenvalue weighted by Gasteiger charge is 2.25. The second-order valence-corrected chi connectivity index (χ2v) is 14.0. The van der Waals surface area contributed by atoms with Crippen LogP contribution < -0.4 is 0 Å². The maximum atomic E-state index is 6.83. The number of hydrogen-bond acceptors (Lipinski definition) is 4. The van der Waals surface area contributed by atoms with Gasteiger partial charge in [-0.25, -0.2) is 9.97 Å². The van der Waals surface area contributed by atoms with E-state index in [4.69, 9.17) is 14.4 Å². The quantitative estimate of drug-likeness (QED) is 0.187. The zero-order valence-corrected chi connectivity index (χ0v) is 28.1. The van der Waals surface area contributed by atoms with Crippen molar-refractivity contribution in [1.82, 2.24) is 14.5 Å². The van der Waals surface area contributed by atoms with Crippen LogP contribution in [0.4, 0.5) is 0 Å². The van der Waals surface area contributed by atoms with Crippen LogP contribution in [0.1, 0.15) is 0 Å². The lowest BCUT2D eigenvalue weighted by atomic mass is 10.0. The molecule has 4 heterocycles. The van der Waals surface area contributed by atoms with Crippen LogP contribution in [-0.4, -0.2) is 14.5 Å². The van der Waals surface area contributed by atoms with Gasteiger partial charge >= 0.3 is 0 Å². The fraction of sp³-hybridized carbons (Fsp3) is 0. The van der Waals surface area contributed by atoms with E-state index in [0.29, 0.717) is 5.82 Å². The predicted octanol–water partition coefficient (Wildman–Crippen LogP) is 12.8. The maximum absolute atomic E-state index is 6.83. The summed E-state index contributed by atoms with van der Waals surface area (Å²) in [4.78, 5) is 10.2. The van der Waals surface area contributed by atoms with Gasteiger partial charge in [-0.3, -0.25) is 0 Å². The summed E-state index contributed by atoms with van der Waals surface area (Å²) in [5.74, 6) is 0.690. The molecule has 0 aliphatic heterocycles. The molecule has 0 saturated carbocycles. The molecule has 0 amide bonds. The number of benzene rings is 7. The molecule has 0 saturated heterocycles. The first-order valence-electron chi connectivity index (χ1n) is 17.1. The second kappa shape index (κ2) is 11.0. The van der Waals surface area contributed by atoms with Crippen LogP contribution in [0.15, 0.2) is 168 Å². The van der Waals surface area contributed by atoms with Crippen LogP contribution in [0, 0.1) is 0 Å². The number of hydrogen-bond donors (Lipinski definition) is 0. The number of rotatable bonds is 4. The lowest BCUT2D eigenvalue weighted by Crippen LogP contribution is -1.97. The van der Waals surface area contributed by atoms with Gasteiger partial charge in [-0.05, 0) is 48.5 Å². The zero-order chi connectivity index (χ0) is 33.5. The first-order chi connectivity index (χ1) is 25.3. The van der Waals surface area contributed by atoms with Gasteiger partial charge in [0.1, 0.15) is 5.58 Å². The van der Waals surface area contributed by atoms with Crippen LogP contribution in [0.5, 0.6) is 0 Å². The third kappa shape index (κ3) is 4.25. The molecule has 0 radical (unpaired) electrons. The molecule has 0 aliphatic rings. The highest BCUT2D eigenvalue weighted by molar-refractivity contribution is 7.27. The summed E-state index contributed by atoms with van der Waals surface area (Å²) >= 11 is 1.85. The Balaban J connectivity index is 1.18. The SMILES string of the molecule is c1ccc(-c2cc(-c3ccccc3)nc(-c3ccc(-n4c5ccccc5c5c6c7ccccc7sc6c6c7ccccc7oc6c54)cc3)n2)cc1. The van der Waals surface area contributed by atoms with Crippen LogP contribution >= 0.6 is 11.3 Å². The van der Waals surface area contributed by atoms with E-state index < -0.39 is 0 Å². The average Bonchev–Trinajstić information content (AvgIpc) is 3.88. The molecule has 11 rings (SSSR count). The standard InChI is InChI=1S/C46H27N3OS/c1-3-13-28(14-4-1)35-27-36(29-15-5-2-6-16-29)48-46(47-35)30-23-25-31(26-24-30)49-37-20-10-7-17-32(37)40-41-34-19-9-12-22-39(34)51-45(41)42-33-18-8-11-21-38(33)50-44(42)43(40)49/h1-27H. The summed E-state index contributed by atoms with van der Waals surface area (Å²) in [6.45, 7) is 0. The summed E-state index contributed by atoms with van der Waals surface area (Å²) in [7, 11) is 0. The molecule has 0 atom stereocenters. The van der Waals surface area contributed by atoms with Crippen molar-refractivity contribution in [3.05, 3.63) is 164 Å². The van der Waals surface area contributed by atoms with Crippen molar-refractivity contribution in [3.8, 4) is 39.6 Å². The maximum Gasteiger partial charge on any atom is 0.161 e. The summed E-state index contributed by atoms with van der Waals surface area (Å²) < 4.78 is 11.8. The molecular formula is C46H27N3OS. The monoisotopic (exact) mass is 669 g/mol. The van der Waals surface area contributed by atoms with Crippen LogP contribution in [0.25, 0.3) is 104 Å². The minimum Gasteiger partial charge on any atom is -0.454 e. The largest absolute Gasteiger partial charge is 0.454 e. The van der Waals surface area contributed by atoms with E-state index in [0.717, 1.165) is 61.4 Å². The number of furan rings is 1. The van der Waals surface area contributed by atoms with Gasteiger partial charge < -0.3 is 8.98 Å². The van der Waals surface area contributed by atoms with E-state index in [1.54, 1.807) is 0 Å². The Labute approximate surface area is 296 Å². The van der Waals surface area contributed by atoms with Crippen molar-refractivity contribution in [2.45, 2.75) is 0 Å². The Bertz CT molecular complexity index is 3060. The van der Waals surface area contributed by atoms with Gasteiger partial charge in [-0.15, -0.1) is 11.3 Å². The summed E-state index contributed by atoms with van der Waals surface area (Å²) in [5, 5.41) is 7.31. The van der Waals surface area contributed by atoms with Crippen molar-refractivity contribution in [2.24, 2.45) is 0 Å². The summed E-state index contributed by atoms with van der Waals surface area (Å²) in [6, 6.07) is 57.3. The minimum absolute atomic E-state index is 0.690. The molecule has 0 N–H and O–H groups in total. The molecule has 0 unspecified atom stereocenters. The summed E-state index contributed by atoms with van der Waals surface area (Å²) in [5.41, 5.74) is 9.94. The first kappa shape index (κ1) is 28.3. The van der Waals surface area contributed by atoms with E-state index in [2.05, 4.69) is 132 Å². The minimum atomic E-state index is 0.690. The lowest BCUT2D eigenvalue weighted by Gasteiger charge is -2.11. The van der Waals surface area contributed by atoms with Gasteiger partial charge in [-0.1, -0.05) is 115 Å². The highest BCUT2D eigenvalue weighted by Crippen LogP contribution is 2.50. The number of aromatic nitrogens is 3. The summed E-state index contributed by atoms with van der Waals surface area (Å²) in [6.07, 6.45) is 0. The van der Waals surface area contributed by atoms with Crippen molar-refractivity contribution in [2.75, 3.05) is 0 Å². The average molecular weight is 670 g/mol. The Morgan fingerprint density at radius 1 is 0.490 bits per heavy atom. The molecule has 4 aromatic heterocycles. The Morgan fingerprint density at radius 2 is 1.10 bits per heavy atom. The lowest BCUT2D eigenvalue weighted by molar-refractivity contribution is 0.671. The molecule has 7 aromatic carbocycles. The van der Waals surface area contributed by atoms with E-state index in [1.165, 1.54) is 36.3 Å². The van der Waals surface area contributed by atoms with Gasteiger partial charge in [0.2, 0.25) is 0 Å². The molecule has 4 nitrogen and oxygen atoms in total. The van der Waals surface area contributed by atoms with Crippen LogP contribution in [0.3, 0.4) is 0 Å². The van der Waals surface area contributed by atoms with Gasteiger partial charge in [0.15, 0.2) is 11.4 Å². The molecular weight excluding hydrogens is 643 g/mol. The van der Waals surface area contributed by atoms with Crippen LogP contribution in [-0.2, 0) is 0 Å². The Kier molecular flexibility index (Phi) is 6.09. The number of nitrogens with zero attached hydrogens (tertiary/aromatic N) is 3. The molecule has 0 spiro atoms. The van der Waals surface area contributed by atoms with E-state index in [9.17, 15) is 0 Å². The second-order valence-electron chi connectivity index (χ2n) is 12.9. The number of para-hydroxylation sites is 2. The molecule has 51 heavy (non-hydrogen) atoms. The third-order valence-corrected chi connectivity index (χ3v) is 11.2. The Morgan fingerprint density at radius 3 is 1.82 bits per heavy atom. The highest BCUT2D eigenvalue weighted by atomic mass is 32.1. The third-order valence-electron chi connectivity index (χ3n) is 10.0. The molecule has 11 aromatic rings. The zero-order valence-electron chi connectivity index (χ0n) is 27.2. The number of thiophene rings is 1. The normalized spacial score (nSPS) is 11.9. The first-order valence-corrected chi connectivity index (χ1v) is 17.9. The smallest absolute Gasteiger partial charge is 0.161 e. The van der Waals surface area contributed by atoms with Gasteiger partial charge in [0, 0.05) is 64.1 Å². The van der Waals surface area contributed by atoms with Crippen molar-refractivity contribution < 1.29 is 4.42 Å². The molecule has 0 bridgehead atoms. The molecule has 0 aliphatic carbocycles. The Hall–Kier alpha value is -6.56. The van der Waals surface area contributed by atoms with E-state index in [1.807, 2.05) is 47.7 Å². The molecule has 0 fully saturated rings. The van der Waals surface area contributed by atoms with Crippen molar-refractivity contribution >= 4 is 75.3 Å². The topological polar surface area (TPSA) is 43.9 Å². The van der Waals surface area contributed by atoms with Gasteiger partial charge in [-0.2, -0.15) is 0 Å². The van der Waals surface area contributed by atoms with Crippen molar-refractivity contribution in [1.29, 1.82) is 0 Å². The predicted molar refractivity (Wildman–Crippen MR) is 213 cm³/mol. The number of fused-ring (bicyclic) bond motifs is 12. The fourth-order valence-corrected chi connectivity index (χ4v) is 9.00.